The maximum absolute atomic E-state index is 14.8. The highest BCUT2D eigenvalue weighted by atomic mass is 19.1. The van der Waals surface area contributed by atoms with Crippen LogP contribution in [0.4, 0.5) is 10.1 Å². The Morgan fingerprint density at radius 2 is 1.55 bits per heavy atom. The van der Waals surface area contributed by atoms with E-state index in [0.29, 0.717) is 11.3 Å². The standard InChI is InChI=1S/C27H22FN2O/c1-19-18-29-15-14-23(19)24-13-12-22(16-26(24)28)30-27(31)17-25(20-8-4-2-5-9-20)21-10-6-3-7-11-21/h2-18,25H,1H3,(H,30,31). The SMILES string of the molecule is Cc1cnccc1-c1ccc(NC(=O)[CH]C(c2ccccc2)c2ccccc2)cc1F. The van der Waals surface area contributed by atoms with Gasteiger partial charge in [0.05, 0.1) is 6.42 Å². The lowest BCUT2D eigenvalue weighted by molar-refractivity contribution is -0.113. The second-order valence-electron chi connectivity index (χ2n) is 7.34. The maximum atomic E-state index is 14.8. The Morgan fingerprint density at radius 1 is 0.903 bits per heavy atom. The molecule has 3 nitrogen and oxygen atoms in total. The fourth-order valence-electron chi connectivity index (χ4n) is 3.63. The summed E-state index contributed by atoms with van der Waals surface area (Å²) in [6, 6.07) is 26.2. The van der Waals surface area contributed by atoms with Crippen molar-refractivity contribution in [3.8, 4) is 11.1 Å². The number of pyridine rings is 1. The van der Waals surface area contributed by atoms with Gasteiger partial charge < -0.3 is 5.32 Å². The van der Waals surface area contributed by atoms with E-state index in [4.69, 9.17) is 0 Å². The van der Waals surface area contributed by atoms with Crippen LogP contribution in [0, 0.1) is 19.2 Å². The van der Waals surface area contributed by atoms with Gasteiger partial charge in [0.25, 0.3) is 0 Å². The summed E-state index contributed by atoms with van der Waals surface area (Å²) < 4.78 is 14.8. The zero-order chi connectivity index (χ0) is 21.6. The van der Waals surface area contributed by atoms with Crippen LogP contribution in [0.1, 0.15) is 22.6 Å². The molecule has 0 unspecified atom stereocenters. The molecule has 153 valence electrons. The summed E-state index contributed by atoms with van der Waals surface area (Å²) >= 11 is 0. The van der Waals surface area contributed by atoms with E-state index in [0.717, 1.165) is 22.3 Å². The molecule has 4 rings (SSSR count). The first-order valence-corrected chi connectivity index (χ1v) is 10.1. The lowest BCUT2D eigenvalue weighted by Gasteiger charge is -2.17. The Balaban J connectivity index is 1.53. The summed E-state index contributed by atoms with van der Waals surface area (Å²) in [4.78, 5) is 16.8. The first-order chi connectivity index (χ1) is 15.1. The molecule has 1 amide bonds. The molecule has 0 aliphatic carbocycles. The van der Waals surface area contributed by atoms with Crippen LogP contribution in [0.2, 0.25) is 0 Å². The second kappa shape index (κ2) is 9.35. The Morgan fingerprint density at radius 3 is 2.13 bits per heavy atom. The number of anilines is 1. The van der Waals surface area contributed by atoms with Gasteiger partial charge in [-0.1, -0.05) is 60.7 Å². The summed E-state index contributed by atoms with van der Waals surface area (Å²) in [5.41, 5.74) is 4.59. The van der Waals surface area contributed by atoms with Gasteiger partial charge in [-0.05, 0) is 53.4 Å². The Kier molecular flexibility index (Phi) is 6.18. The highest BCUT2D eigenvalue weighted by molar-refractivity contribution is 5.98. The van der Waals surface area contributed by atoms with Crippen molar-refractivity contribution in [2.45, 2.75) is 12.8 Å². The third-order valence-corrected chi connectivity index (χ3v) is 5.18. The van der Waals surface area contributed by atoms with E-state index < -0.39 is 5.82 Å². The highest BCUT2D eigenvalue weighted by Gasteiger charge is 2.19. The fraction of sp³-hybridized carbons (Fsp3) is 0.0741. The number of nitrogens with one attached hydrogen (secondary N) is 1. The number of benzene rings is 3. The zero-order valence-electron chi connectivity index (χ0n) is 17.1. The molecule has 3 aromatic carbocycles. The zero-order valence-corrected chi connectivity index (χ0v) is 17.1. The van der Waals surface area contributed by atoms with Crippen molar-refractivity contribution in [2.24, 2.45) is 0 Å². The monoisotopic (exact) mass is 409 g/mol. The molecule has 1 N–H and O–H groups in total. The molecular formula is C27H22FN2O. The lowest BCUT2D eigenvalue weighted by Crippen LogP contribution is -2.17. The van der Waals surface area contributed by atoms with Crippen molar-refractivity contribution in [3.05, 3.63) is 126 Å². The predicted molar refractivity (Wildman–Crippen MR) is 122 cm³/mol. The van der Waals surface area contributed by atoms with Gasteiger partial charge in [0.1, 0.15) is 5.82 Å². The Bertz CT molecular complexity index is 1140. The first-order valence-electron chi connectivity index (χ1n) is 10.1. The van der Waals surface area contributed by atoms with Gasteiger partial charge in [-0.25, -0.2) is 4.39 Å². The number of carbonyl (C=O) groups excluding carboxylic acids is 1. The quantitative estimate of drug-likeness (QED) is 0.414. The largest absolute Gasteiger partial charge is 0.326 e. The van der Waals surface area contributed by atoms with Crippen molar-refractivity contribution in [2.75, 3.05) is 5.32 Å². The van der Waals surface area contributed by atoms with Crippen molar-refractivity contribution >= 4 is 11.6 Å². The molecule has 1 aromatic heterocycles. The number of amides is 1. The van der Waals surface area contributed by atoms with Crippen LogP contribution in [0.25, 0.3) is 11.1 Å². The van der Waals surface area contributed by atoms with E-state index in [-0.39, 0.29) is 11.8 Å². The third-order valence-electron chi connectivity index (χ3n) is 5.18. The maximum Gasteiger partial charge on any atom is 0.229 e. The van der Waals surface area contributed by atoms with Crippen LogP contribution in [0.5, 0.6) is 0 Å². The van der Waals surface area contributed by atoms with E-state index in [2.05, 4.69) is 10.3 Å². The molecule has 4 aromatic rings. The van der Waals surface area contributed by atoms with Crippen molar-refractivity contribution in [1.29, 1.82) is 0 Å². The third kappa shape index (κ3) is 4.86. The minimum Gasteiger partial charge on any atom is -0.326 e. The van der Waals surface area contributed by atoms with Crippen LogP contribution in [-0.4, -0.2) is 10.9 Å². The number of nitrogens with zero attached hydrogens (tertiary/aromatic N) is 1. The number of rotatable bonds is 6. The molecule has 0 aliphatic heterocycles. The van der Waals surface area contributed by atoms with Gasteiger partial charge in [-0.2, -0.15) is 0 Å². The summed E-state index contributed by atoms with van der Waals surface area (Å²) in [5.74, 6) is -0.884. The lowest BCUT2D eigenvalue weighted by atomic mass is 9.88. The summed E-state index contributed by atoms with van der Waals surface area (Å²) in [7, 11) is 0. The summed E-state index contributed by atoms with van der Waals surface area (Å²) in [6.45, 7) is 1.89. The van der Waals surface area contributed by atoms with Gasteiger partial charge in [0.2, 0.25) is 5.91 Å². The van der Waals surface area contributed by atoms with Crippen molar-refractivity contribution < 1.29 is 9.18 Å². The van der Waals surface area contributed by atoms with Crippen molar-refractivity contribution in [1.82, 2.24) is 4.98 Å². The fourth-order valence-corrected chi connectivity index (χ4v) is 3.63. The smallest absolute Gasteiger partial charge is 0.229 e. The van der Waals surface area contributed by atoms with Gasteiger partial charge in [-0.3, -0.25) is 9.78 Å². The van der Waals surface area contributed by atoms with Crippen LogP contribution in [0.3, 0.4) is 0 Å². The number of aryl methyl sites for hydroxylation is 1. The molecule has 31 heavy (non-hydrogen) atoms. The Labute approximate surface area is 181 Å². The van der Waals surface area contributed by atoms with Crippen LogP contribution >= 0.6 is 0 Å². The topological polar surface area (TPSA) is 42.0 Å². The first kappa shape index (κ1) is 20.5. The number of hydrogen-bond acceptors (Lipinski definition) is 2. The molecule has 0 atom stereocenters. The molecule has 0 spiro atoms. The highest BCUT2D eigenvalue weighted by Crippen LogP contribution is 2.29. The van der Waals surface area contributed by atoms with Crippen LogP contribution in [-0.2, 0) is 4.79 Å². The molecular weight excluding hydrogens is 387 g/mol. The molecule has 0 fully saturated rings. The molecule has 0 bridgehead atoms. The molecule has 0 aliphatic rings. The van der Waals surface area contributed by atoms with E-state index in [1.165, 1.54) is 6.07 Å². The molecule has 0 saturated carbocycles. The normalized spacial score (nSPS) is 10.8. The average Bonchev–Trinajstić information content (AvgIpc) is 2.79. The van der Waals surface area contributed by atoms with E-state index in [1.54, 1.807) is 37.0 Å². The molecule has 1 heterocycles. The van der Waals surface area contributed by atoms with Crippen LogP contribution in [0.15, 0.2) is 97.3 Å². The minimum absolute atomic E-state index is 0.203. The minimum atomic E-state index is -0.394. The van der Waals surface area contributed by atoms with Gasteiger partial charge in [0, 0.05) is 29.6 Å². The van der Waals surface area contributed by atoms with Gasteiger partial charge >= 0.3 is 0 Å². The Hall–Kier alpha value is -3.79. The van der Waals surface area contributed by atoms with E-state index >= 15 is 0 Å². The molecule has 0 saturated heterocycles. The van der Waals surface area contributed by atoms with Crippen LogP contribution < -0.4 is 5.32 Å². The van der Waals surface area contributed by atoms with E-state index in [1.807, 2.05) is 67.6 Å². The van der Waals surface area contributed by atoms with Crippen molar-refractivity contribution in [3.63, 3.8) is 0 Å². The average molecular weight is 409 g/mol. The van der Waals surface area contributed by atoms with E-state index in [9.17, 15) is 9.18 Å². The summed E-state index contributed by atoms with van der Waals surface area (Å²) in [5, 5.41) is 2.80. The molecule has 1 radical (unpaired) electrons. The van der Waals surface area contributed by atoms with Gasteiger partial charge in [-0.15, -0.1) is 0 Å². The predicted octanol–water partition coefficient (Wildman–Crippen LogP) is 6.17. The number of halogens is 1. The second-order valence-corrected chi connectivity index (χ2v) is 7.34. The van der Waals surface area contributed by atoms with Gasteiger partial charge in [0.15, 0.2) is 0 Å². The molecule has 4 heteroatoms. The number of carbonyl (C=O) groups is 1. The number of aromatic nitrogens is 1. The number of hydrogen-bond donors (Lipinski definition) is 1. The summed E-state index contributed by atoms with van der Waals surface area (Å²) in [6.07, 6.45) is 4.97.